The third-order valence-corrected chi connectivity index (χ3v) is 7.93. The fourth-order valence-corrected chi connectivity index (χ4v) is 5.55. The van der Waals surface area contributed by atoms with Gasteiger partial charge in [-0.1, -0.05) is 47.5 Å². The van der Waals surface area contributed by atoms with Gasteiger partial charge in [-0.05, 0) is 54.1 Å². The van der Waals surface area contributed by atoms with E-state index in [1.54, 1.807) is 54.7 Å². The molecule has 2 heterocycles. The Morgan fingerprint density at radius 3 is 2.40 bits per heavy atom. The van der Waals surface area contributed by atoms with Gasteiger partial charge in [-0.3, -0.25) is 14.3 Å². The fourth-order valence-electron chi connectivity index (χ4n) is 4.46. The van der Waals surface area contributed by atoms with Crippen LogP contribution in [0.25, 0.3) is 11.0 Å². The molecule has 10 nitrogen and oxygen atoms in total. The van der Waals surface area contributed by atoms with Crippen LogP contribution >= 0.6 is 23.2 Å². The Hall–Kier alpha value is -4.19. The fraction of sp³-hybridized carbons (Fsp3) is 0.172. The molecule has 0 aliphatic carbocycles. The standard InChI is InChI=1S/C29H27Cl2N7O3S/c1-19(39)38(22-12-13-23(30)24(31)16-22)29-34-25-6-4-5-7-26(25)37(29)18-36(2)27-14-15-32-28(35-27)33-21-10-8-20(9-11-21)17-42(3,40)41/h4-16H,17-18H2,1-3H3,(H,32,33,35). The zero-order valence-corrected chi connectivity index (χ0v) is 25.3. The largest absolute Gasteiger partial charge is 0.341 e. The zero-order valence-electron chi connectivity index (χ0n) is 23.0. The van der Waals surface area contributed by atoms with Crippen LogP contribution in [0.1, 0.15) is 12.5 Å². The average molecular weight is 625 g/mol. The Balaban J connectivity index is 1.44. The molecule has 0 atom stereocenters. The summed E-state index contributed by atoms with van der Waals surface area (Å²) in [5.41, 5.74) is 3.49. The average Bonchev–Trinajstić information content (AvgIpc) is 3.28. The number of benzene rings is 3. The van der Waals surface area contributed by atoms with E-state index in [0.717, 1.165) is 11.0 Å². The molecule has 0 radical (unpaired) electrons. The van der Waals surface area contributed by atoms with Gasteiger partial charge < -0.3 is 10.2 Å². The van der Waals surface area contributed by atoms with Gasteiger partial charge in [0.05, 0.1) is 39.2 Å². The van der Waals surface area contributed by atoms with Crippen LogP contribution in [0.3, 0.4) is 0 Å². The first kappa shape index (κ1) is 29.3. The lowest BCUT2D eigenvalue weighted by molar-refractivity contribution is -0.115. The molecule has 5 rings (SSSR count). The van der Waals surface area contributed by atoms with Gasteiger partial charge >= 0.3 is 0 Å². The van der Waals surface area contributed by atoms with Crippen LogP contribution in [0.4, 0.5) is 29.1 Å². The first-order valence-corrected chi connectivity index (χ1v) is 15.6. The van der Waals surface area contributed by atoms with Gasteiger partial charge in [-0.15, -0.1) is 0 Å². The second-order valence-electron chi connectivity index (χ2n) is 9.75. The predicted octanol–water partition coefficient (Wildman–Crippen LogP) is 6.20. The van der Waals surface area contributed by atoms with Crippen molar-refractivity contribution in [1.82, 2.24) is 19.5 Å². The number of nitrogens with zero attached hydrogens (tertiary/aromatic N) is 6. The van der Waals surface area contributed by atoms with Gasteiger partial charge in [0.1, 0.15) is 5.82 Å². The summed E-state index contributed by atoms with van der Waals surface area (Å²) in [5, 5.41) is 3.87. The van der Waals surface area contributed by atoms with Crippen LogP contribution in [0.15, 0.2) is 79.0 Å². The summed E-state index contributed by atoms with van der Waals surface area (Å²) in [6, 6.07) is 21.5. The van der Waals surface area contributed by atoms with Crippen LogP contribution in [0, 0.1) is 0 Å². The molecule has 42 heavy (non-hydrogen) atoms. The number of halogens is 2. The number of aromatic nitrogens is 4. The van der Waals surface area contributed by atoms with E-state index < -0.39 is 9.84 Å². The van der Waals surface area contributed by atoms with Crippen LogP contribution < -0.4 is 15.1 Å². The normalized spacial score (nSPS) is 11.5. The summed E-state index contributed by atoms with van der Waals surface area (Å²) >= 11 is 12.4. The number of rotatable bonds is 9. The van der Waals surface area contributed by atoms with Gasteiger partial charge in [0.15, 0.2) is 9.84 Å². The number of carbonyl (C=O) groups excluding carboxylic acids is 1. The molecule has 0 saturated heterocycles. The monoisotopic (exact) mass is 623 g/mol. The van der Waals surface area contributed by atoms with Gasteiger partial charge in [-0.2, -0.15) is 4.98 Å². The van der Waals surface area contributed by atoms with Crippen molar-refractivity contribution >= 4 is 79.1 Å². The van der Waals surface area contributed by atoms with E-state index in [1.807, 2.05) is 40.8 Å². The van der Waals surface area contributed by atoms with Crippen molar-refractivity contribution in [3.05, 3.63) is 94.6 Å². The maximum absolute atomic E-state index is 13.0. The minimum Gasteiger partial charge on any atom is -0.341 e. The molecule has 3 aromatic carbocycles. The summed E-state index contributed by atoms with van der Waals surface area (Å²) in [4.78, 5) is 30.1. The number of amides is 1. The summed E-state index contributed by atoms with van der Waals surface area (Å²) in [6.07, 6.45) is 2.85. The maximum Gasteiger partial charge on any atom is 0.230 e. The second kappa shape index (κ2) is 12.0. The first-order chi connectivity index (χ1) is 20.0. The van der Waals surface area contributed by atoms with E-state index in [-0.39, 0.29) is 11.7 Å². The van der Waals surface area contributed by atoms with Gasteiger partial charge in [0, 0.05) is 32.1 Å². The Bertz CT molecular complexity index is 1880. The highest BCUT2D eigenvalue weighted by molar-refractivity contribution is 7.89. The van der Waals surface area contributed by atoms with Crippen molar-refractivity contribution in [3.63, 3.8) is 0 Å². The third-order valence-electron chi connectivity index (χ3n) is 6.34. The molecule has 1 N–H and O–H groups in total. The topological polar surface area (TPSA) is 113 Å². The lowest BCUT2D eigenvalue weighted by atomic mass is 10.2. The molecule has 0 unspecified atom stereocenters. The van der Waals surface area contributed by atoms with Gasteiger partial charge in [0.25, 0.3) is 0 Å². The Morgan fingerprint density at radius 1 is 0.976 bits per heavy atom. The van der Waals surface area contributed by atoms with Gasteiger partial charge in [-0.25, -0.2) is 18.4 Å². The van der Waals surface area contributed by atoms with Crippen molar-refractivity contribution in [1.29, 1.82) is 0 Å². The molecule has 0 aliphatic heterocycles. The van der Waals surface area contributed by atoms with E-state index in [2.05, 4.69) is 15.3 Å². The summed E-state index contributed by atoms with van der Waals surface area (Å²) in [6.45, 7) is 1.77. The highest BCUT2D eigenvalue weighted by Gasteiger charge is 2.24. The summed E-state index contributed by atoms with van der Waals surface area (Å²) in [7, 11) is -1.25. The molecule has 2 aromatic heterocycles. The molecular formula is C29H27Cl2N7O3S. The van der Waals surface area contributed by atoms with Crippen molar-refractivity contribution in [2.24, 2.45) is 0 Å². The van der Waals surface area contributed by atoms with Crippen LogP contribution in [0.5, 0.6) is 0 Å². The van der Waals surface area contributed by atoms with E-state index in [1.165, 1.54) is 18.1 Å². The highest BCUT2D eigenvalue weighted by Crippen LogP contribution is 2.33. The van der Waals surface area contributed by atoms with E-state index in [0.29, 0.717) is 51.4 Å². The van der Waals surface area contributed by atoms with Gasteiger partial charge in [0.2, 0.25) is 17.8 Å². The third kappa shape index (κ3) is 6.64. The number of hydrogen-bond donors (Lipinski definition) is 1. The zero-order chi connectivity index (χ0) is 30.0. The Kier molecular flexibility index (Phi) is 8.35. The Labute approximate surface area is 253 Å². The van der Waals surface area contributed by atoms with Crippen LogP contribution in [-0.2, 0) is 27.1 Å². The molecule has 5 aromatic rings. The SMILES string of the molecule is CC(=O)N(c1ccc(Cl)c(Cl)c1)c1nc2ccccc2n1CN(C)c1ccnc(Nc2ccc(CS(C)(=O)=O)cc2)n1. The maximum atomic E-state index is 13.0. The van der Waals surface area contributed by atoms with Crippen LogP contribution in [-0.4, -0.2) is 47.1 Å². The molecular weight excluding hydrogens is 597 g/mol. The predicted molar refractivity (Wildman–Crippen MR) is 168 cm³/mol. The second-order valence-corrected chi connectivity index (χ2v) is 12.7. The Morgan fingerprint density at radius 2 is 1.71 bits per heavy atom. The molecule has 0 saturated carbocycles. The van der Waals surface area contributed by atoms with Crippen LogP contribution in [0.2, 0.25) is 10.0 Å². The molecule has 0 aliphatic rings. The van der Waals surface area contributed by atoms with Crippen molar-refractivity contribution in [2.75, 3.05) is 28.4 Å². The van der Waals surface area contributed by atoms with E-state index >= 15 is 0 Å². The quantitative estimate of drug-likeness (QED) is 0.206. The number of hydrogen-bond acceptors (Lipinski definition) is 8. The number of imidazole rings is 1. The molecule has 216 valence electrons. The summed E-state index contributed by atoms with van der Waals surface area (Å²) < 4.78 is 25.1. The lowest BCUT2D eigenvalue weighted by Crippen LogP contribution is -2.29. The lowest BCUT2D eigenvalue weighted by Gasteiger charge is -2.25. The van der Waals surface area contributed by atoms with Crippen molar-refractivity contribution in [3.8, 4) is 0 Å². The highest BCUT2D eigenvalue weighted by atomic mass is 35.5. The minimum absolute atomic E-state index is 0.0267. The number of para-hydroxylation sites is 2. The molecule has 13 heteroatoms. The minimum atomic E-state index is -3.12. The number of sulfone groups is 1. The smallest absolute Gasteiger partial charge is 0.230 e. The molecule has 0 bridgehead atoms. The van der Waals surface area contributed by atoms with Crippen molar-refractivity contribution in [2.45, 2.75) is 19.3 Å². The number of anilines is 5. The van der Waals surface area contributed by atoms with E-state index in [4.69, 9.17) is 28.2 Å². The number of nitrogens with one attached hydrogen (secondary N) is 1. The van der Waals surface area contributed by atoms with Crippen molar-refractivity contribution < 1.29 is 13.2 Å². The number of fused-ring (bicyclic) bond motifs is 1. The molecule has 1 amide bonds. The molecule has 0 fully saturated rings. The molecule has 0 spiro atoms. The number of carbonyl (C=O) groups is 1. The van der Waals surface area contributed by atoms with E-state index in [9.17, 15) is 13.2 Å². The summed E-state index contributed by atoms with van der Waals surface area (Å²) in [5.74, 6) is 1.13. The first-order valence-electron chi connectivity index (χ1n) is 12.8.